The maximum Gasteiger partial charge on any atom is 0.283 e. The molecule has 0 saturated carbocycles. The highest BCUT2D eigenvalue weighted by atomic mass is 32.1. The lowest BCUT2D eigenvalue weighted by atomic mass is 9.97. The Morgan fingerprint density at radius 1 is 1.30 bits per heavy atom. The molecule has 23 heavy (non-hydrogen) atoms. The molecule has 0 spiro atoms. The molecule has 4 rings (SSSR count). The normalized spacial score (nSPS) is 14.5. The molecule has 3 aromatic rings. The van der Waals surface area contributed by atoms with E-state index >= 15 is 0 Å². The smallest absolute Gasteiger partial charge is 0.267 e. The SMILES string of the molecule is Cc1nc2sc3c(c2c(=O)n1/N=C\c1ccccn1)CCCC3. The maximum atomic E-state index is 12.9. The Kier molecular flexibility index (Phi) is 3.53. The first-order chi connectivity index (χ1) is 11.2. The molecule has 1 aliphatic rings. The third-order valence-corrected chi connectivity index (χ3v) is 5.31. The summed E-state index contributed by atoms with van der Waals surface area (Å²) in [6.07, 6.45) is 7.67. The molecule has 0 radical (unpaired) electrons. The third kappa shape index (κ3) is 2.49. The Bertz CT molecular complexity index is 956. The van der Waals surface area contributed by atoms with Gasteiger partial charge in [-0.1, -0.05) is 6.07 Å². The van der Waals surface area contributed by atoms with Crippen molar-refractivity contribution in [2.45, 2.75) is 32.6 Å². The van der Waals surface area contributed by atoms with E-state index in [1.165, 1.54) is 21.5 Å². The first-order valence-electron chi connectivity index (χ1n) is 7.73. The highest BCUT2D eigenvalue weighted by Crippen LogP contribution is 2.33. The number of hydrogen-bond acceptors (Lipinski definition) is 5. The molecule has 6 heteroatoms. The second-order valence-electron chi connectivity index (χ2n) is 5.67. The van der Waals surface area contributed by atoms with Gasteiger partial charge in [0.05, 0.1) is 17.3 Å². The summed E-state index contributed by atoms with van der Waals surface area (Å²) in [6, 6.07) is 5.59. The van der Waals surface area contributed by atoms with Crippen molar-refractivity contribution in [1.29, 1.82) is 0 Å². The fraction of sp³-hybridized carbons (Fsp3) is 0.294. The van der Waals surface area contributed by atoms with Gasteiger partial charge in [0, 0.05) is 11.1 Å². The molecule has 0 aliphatic heterocycles. The highest BCUT2D eigenvalue weighted by molar-refractivity contribution is 7.18. The molecule has 0 amide bonds. The standard InChI is InChI=1S/C17H16N4OS/c1-11-20-16-15(13-7-2-3-8-14(13)23-16)17(22)21(11)19-10-12-6-4-5-9-18-12/h4-6,9-10H,2-3,7-8H2,1H3/b19-10-. The summed E-state index contributed by atoms with van der Waals surface area (Å²) in [5, 5.41) is 5.07. The summed E-state index contributed by atoms with van der Waals surface area (Å²) >= 11 is 1.66. The van der Waals surface area contributed by atoms with Gasteiger partial charge < -0.3 is 0 Å². The van der Waals surface area contributed by atoms with E-state index in [9.17, 15) is 4.79 Å². The summed E-state index contributed by atoms with van der Waals surface area (Å²) in [7, 11) is 0. The van der Waals surface area contributed by atoms with E-state index in [0.717, 1.165) is 29.5 Å². The fourth-order valence-electron chi connectivity index (χ4n) is 3.00. The average molecular weight is 324 g/mol. The van der Waals surface area contributed by atoms with Crippen molar-refractivity contribution in [2.24, 2.45) is 5.10 Å². The molecular formula is C17H16N4OS. The molecule has 5 nitrogen and oxygen atoms in total. The summed E-state index contributed by atoms with van der Waals surface area (Å²) < 4.78 is 1.39. The van der Waals surface area contributed by atoms with Crippen LogP contribution in [0.2, 0.25) is 0 Å². The van der Waals surface area contributed by atoms with E-state index in [1.807, 2.05) is 25.1 Å². The van der Waals surface area contributed by atoms with E-state index in [2.05, 4.69) is 15.1 Å². The first-order valence-corrected chi connectivity index (χ1v) is 8.55. The van der Waals surface area contributed by atoms with Crippen LogP contribution in [-0.4, -0.2) is 20.9 Å². The molecule has 0 N–H and O–H groups in total. The van der Waals surface area contributed by atoms with Gasteiger partial charge in [-0.2, -0.15) is 9.78 Å². The Morgan fingerprint density at radius 2 is 2.17 bits per heavy atom. The minimum atomic E-state index is -0.0703. The van der Waals surface area contributed by atoms with Crippen molar-refractivity contribution in [3.8, 4) is 0 Å². The van der Waals surface area contributed by atoms with Crippen LogP contribution >= 0.6 is 11.3 Å². The zero-order valence-corrected chi connectivity index (χ0v) is 13.6. The Labute approximate surface area is 137 Å². The van der Waals surface area contributed by atoms with Gasteiger partial charge in [0.25, 0.3) is 5.56 Å². The Morgan fingerprint density at radius 3 is 3.00 bits per heavy atom. The van der Waals surface area contributed by atoms with Gasteiger partial charge in [-0.25, -0.2) is 4.98 Å². The predicted octanol–water partition coefficient (Wildman–Crippen LogP) is 2.92. The zero-order chi connectivity index (χ0) is 15.8. The zero-order valence-electron chi connectivity index (χ0n) is 12.8. The molecule has 0 saturated heterocycles. The monoisotopic (exact) mass is 324 g/mol. The fourth-order valence-corrected chi connectivity index (χ4v) is 4.30. The highest BCUT2D eigenvalue weighted by Gasteiger charge is 2.20. The van der Waals surface area contributed by atoms with Gasteiger partial charge in [0.2, 0.25) is 0 Å². The Hall–Kier alpha value is -2.34. The lowest BCUT2D eigenvalue weighted by Gasteiger charge is -2.10. The number of thiophene rings is 1. The number of nitrogens with zero attached hydrogens (tertiary/aromatic N) is 4. The number of aromatic nitrogens is 3. The molecule has 3 aromatic heterocycles. The van der Waals surface area contributed by atoms with Gasteiger partial charge in [0.1, 0.15) is 10.7 Å². The van der Waals surface area contributed by atoms with Gasteiger partial charge >= 0.3 is 0 Å². The quantitative estimate of drug-likeness (QED) is 0.681. The number of aryl methyl sites for hydroxylation is 3. The van der Waals surface area contributed by atoms with Crippen LogP contribution in [0.3, 0.4) is 0 Å². The molecule has 0 fully saturated rings. The number of fused-ring (bicyclic) bond motifs is 3. The summed E-state index contributed by atoms with van der Waals surface area (Å²) in [6.45, 7) is 1.81. The summed E-state index contributed by atoms with van der Waals surface area (Å²) in [5.74, 6) is 0.605. The molecule has 1 aliphatic carbocycles. The minimum Gasteiger partial charge on any atom is -0.267 e. The van der Waals surface area contributed by atoms with E-state index < -0.39 is 0 Å². The second-order valence-corrected chi connectivity index (χ2v) is 6.75. The van der Waals surface area contributed by atoms with Gasteiger partial charge in [0.15, 0.2) is 0 Å². The molecule has 0 bridgehead atoms. The Balaban J connectivity index is 1.87. The third-order valence-electron chi connectivity index (χ3n) is 4.12. The summed E-state index contributed by atoms with van der Waals surface area (Å²) in [5.41, 5.74) is 1.83. The van der Waals surface area contributed by atoms with Gasteiger partial charge in [-0.05, 0) is 50.3 Å². The lowest BCUT2D eigenvalue weighted by Crippen LogP contribution is -2.21. The van der Waals surface area contributed by atoms with Crippen molar-refractivity contribution in [3.63, 3.8) is 0 Å². The largest absolute Gasteiger partial charge is 0.283 e. The van der Waals surface area contributed by atoms with Crippen LogP contribution in [0.15, 0.2) is 34.3 Å². The van der Waals surface area contributed by atoms with E-state index in [4.69, 9.17) is 0 Å². The molecule has 0 aromatic carbocycles. The predicted molar refractivity (Wildman–Crippen MR) is 92.5 cm³/mol. The second kappa shape index (κ2) is 5.70. The molecular weight excluding hydrogens is 308 g/mol. The van der Waals surface area contributed by atoms with Crippen molar-refractivity contribution >= 4 is 27.8 Å². The molecule has 0 atom stereocenters. The van der Waals surface area contributed by atoms with E-state index in [1.54, 1.807) is 23.7 Å². The molecule has 116 valence electrons. The van der Waals surface area contributed by atoms with Crippen LogP contribution in [0, 0.1) is 6.92 Å². The van der Waals surface area contributed by atoms with Crippen LogP contribution in [-0.2, 0) is 12.8 Å². The van der Waals surface area contributed by atoms with Crippen molar-refractivity contribution < 1.29 is 0 Å². The van der Waals surface area contributed by atoms with Crippen molar-refractivity contribution in [2.75, 3.05) is 0 Å². The number of hydrogen-bond donors (Lipinski definition) is 0. The van der Waals surface area contributed by atoms with Crippen LogP contribution < -0.4 is 5.56 Å². The molecule has 0 unspecified atom stereocenters. The van der Waals surface area contributed by atoms with Crippen LogP contribution in [0.25, 0.3) is 10.2 Å². The van der Waals surface area contributed by atoms with Gasteiger partial charge in [-0.3, -0.25) is 9.78 Å². The maximum absolute atomic E-state index is 12.9. The van der Waals surface area contributed by atoms with Crippen LogP contribution in [0.4, 0.5) is 0 Å². The lowest BCUT2D eigenvalue weighted by molar-refractivity contribution is 0.698. The van der Waals surface area contributed by atoms with Gasteiger partial charge in [-0.15, -0.1) is 11.3 Å². The van der Waals surface area contributed by atoms with Crippen LogP contribution in [0.1, 0.15) is 34.8 Å². The van der Waals surface area contributed by atoms with Crippen molar-refractivity contribution in [1.82, 2.24) is 14.6 Å². The molecule has 3 heterocycles. The average Bonchev–Trinajstić information content (AvgIpc) is 2.93. The van der Waals surface area contributed by atoms with Crippen molar-refractivity contribution in [3.05, 3.63) is 56.7 Å². The number of pyridine rings is 1. The van der Waals surface area contributed by atoms with E-state index in [0.29, 0.717) is 11.5 Å². The number of rotatable bonds is 2. The minimum absolute atomic E-state index is 0.0703. The van der Waals surface area contributed by atoms with E-state index in [-0.39, 0.29) is 5.56 Å². The summed E-state index contributed by atoms with van der Waals surface area (Å²) in [4.78, 5) is 23.9. The van der Waals surface area contributed by atoms with Crippen LogP contribution in [0.5, 0.6) is 0 Å². The first kappa shape index (κ1) is 14.3. The topological polar surface area (TPSA) is 60.1 Å².